The van der Waals surface area contributed by atoms with E-state index in [0.29, 0.717) is 5.92 Å². The van der Waals surface area contributed by atoms with E-state index in [4.69, 9.17) is 0 Å². The van der Waals surface area contributed by atoms with Gasteiger partial charge in [-0.25, -0.2) is 4.98 Å². The Morgan fingerprint density at radius 1 is 1.10 bits per heavy atom. The van der Waals surface area contributed by atoms with Gasteiger partial charge in [0.15, 0.2) is 0 Å². The van der Waals surface area contributed by atoms with E-state index >= 15 is 0 Å². The van der Waals surface area contributed by atoms with E-state index in [1.54, 1.807) is 17.1 Å². The Morgan fingerprint density at radius 2 is 1.86 bits per heavy atom. The number of hydrogen-bond acceptors (Lipinski definition) is 3. The predicted molar refractivity (Wildman–Crippen MR) is 82.9 cm³/mol. The quantitative estimate of drug-likeness (QED) is 0.863. The molecule has 0 amide bonds. The molecule has 0 bridgehead atoms. The summed E-state index contributed by atoms with van der Waals surface area (Å²) in [4.78, 5) is 18.2. The molecule has 2 heterocycles. The van der Waals surface area contributed by atoms with Crippen LogP contribution in [0.2, 0.25) is 0 Å². The fraction of sp³-hybridized carbons (Fsp3) is 0.412. The lowest BCUT2D eigenvalue weighted by Crippen LogP contribution is -2.35. The summed E-state index contributed by atoms with van der Waals surface area (Å²) in [5, 5.41) is 0. The normalized spacial score (nSPS) is 17.0. The van der Waals surface area contributed by atoms with Gasteiger partial charge in [0.2, 0.25) is 0 Å². The molecule has 3 rings (SSSR count). The summed E-state index contributed by atoms with van der Waals surface area (Å²) in [5.74, 6) is 0.582. The highest BCUT2D eigenvalue weighted by molar-refractivity contribution is 5.14. The molecular formula is C17H21N3O. The number of benzene rings is 1. The molecule has 1 aromatic heterocycles. The smallest absolute Gasteiger partial charge is 0.253 e. The molecule has 1 aromatic carbocycles. The number of rotatable bonds is 4. The number of piperidine rings is 1. The summed E-state index contributed by atoms with van der Waals surface area (Å²) in [6.07, 6.45) is 5.50. The summed E-state index contributed by atoms with van der Waals surface area (Å²) >= 11 is 0. The van der Waals surface area contributed by atoms with Gasteiger partial charge in [-0.1, -0.05) is 30.3 Å². The van der Waals surface area contributed by atoms with E-state index in [0.717, 1.165) is 39.0 Å². The first-order valence-corrected chi connectivity index (χ1v) is 7.58. The maximum Gasteiger partial charge on any atom is 0.253 e. The van der Waals surface area contributed by atoms with Gasteiger partial charge in [0.1, 0.15) is 0 Å². The second-order valence-corrected chi connectivity index (χ2v) is 5.78. The molecule has 2 aromatic rings. The highest BCUT2D eigenvalue weighted by Crippen LogP contribution is 2.20. The van der Waals surface area contributed by atoms with Crippen molar-refractivity contribution in [3.63, 3.8) is 0 Å². The number of hydrogen-bond donors (Lipinski definition) is 0. The highest BCUT2D eigenvalue weighted by atomic mass is 16.1. The standard InChI is InChI=1S/C17H21N3O/c21-17-6-9-18-14-20(17)13-16-7-10-19(11-8-16)12-15-4-2-1-3-5-15/h1-6,9,14,16H,7-8,10-13H2. The van der Waals surface area contributed by atoms with Gasteiger partial charge < -0.3 is 0 Å². The maximum absolute atomic E-state index is 11.7. The summed E-state index contributed by atoms with van der Waals surface area (Å²) < 4.78 is 1.73. The molecule has 0 saturated carbocycles. The zero-order valence-electron chi connectivity index (χ0n) is 12.2. The van der Waals surface area contributed by atoms with Crippen LogP contribution in [0.25, 0.3) is 0 Å². The van der Waals surface area contributed by atoms with Gasteiger partial charge in [-0.15, -0.1) is 0 Å². The largest absolute Gasteiger partial charge is 0.299 e. The third-order valence-corrected chi connectivity index (χ3v) is 4.20. The zero-order valence-corrected chi connectivity index (χ0v) is 12.2. The minimum absolute atomic E-state index is 0.0525. The maximum atomic E-state index is 11.7. The molecule has 0 spiro atoms. The number of aromatic nitrogens is 2. The summed E-state index contributed by atoms with van der Waals surface area (Å²) in [6, 6.07) is 12.1. The third-order valence-electron chi connectivity index (χ3n) is 4.20. The van der Waals surface area contributed by atoms with Crippen LogP contribution >= 0.6 is 0 Å². The van der Waals surface area contributed by atoms with Crippen LogP contribution in [0.15, 0.2) is 53.7 Å². The van der Waals surface area contributed by atoms with Crippen LogP contribution in [0.1, 0.15) is 18.4 Å². The van der Waals surface area contributed by atoms with Crippen LogP contribution in [0, 0.1) is 5.92 Å². The van der Waals surface area contributed by atoms with E-state index < -0.39 is 0 Å². The molecule has 1 fully saturated rings. The van der Waals surface area contributed by atoms with Gasteiger partial charge in [-0.05, 0) is 37.4 Å². The van der Waals surface area contributed by atoms with Crippen LogP contribution in [-0.4, -0.2) is 27.5 Å². The van der Waals surface area contributed by atoms with Crippen molar-refractivity contribution in [2.45, 2.75) is 25.9 Å². The van der Waals surface area contributed by atoms with Crippen LogP contribution in [-0.2, 0) is 13.1 Å². The van der Waals surface area contributed by atoms with Crippen molar-refractivity contribution in [1.29, 1.82) is 0 Å². The Morgan fingerprint density at radius 3 is 2.57 bits per heavy atom. The van der Waals surface area contributed by atoms with Gasteiger partial charge in [0.05, 0.1) is 6.33 Å². The summed E-state index contributed by atoms with van der Waals surface area (Å²) in [7, 11) is 0. The first-order chi connectivity index (χ1) is 10.3. The molecule has 4 heteroatoms. The predicted octanol–water partition coefficient (Wildman–Crippen LogP) is 2.16. The number of nitrogens with zero attached hydrogens (tertiary/aromatic N) is 3. The van der Waals surface area contributed by atoms with Crippen LogP contribution in [0.3, 0.4) is 0 Å². The second-order valence-electron chi connectivity index (χ2n) is 5.78. The average molecular weight is 283 g/mol. The first-order valence-electron chi connectivity index (χ1n) is 7.58. The minimum Gasteiger partial charge on any atom is -0.299 e. The van der Waals surface area contributed by atoms with E-state index in [1.807, 2.05) is 0 Å². The Kier molecular flexibility index (Phi) is 4.46. The Labute approximate surface area is 125 Å². The van der Waals surface area contributed by atoms with E-state index in [2.05, 4.69) is 40.2 Å². The topological polar surface area (TPSA) is 38.1 Å². The van der Waals surface area contributed by atoms with Crippen molar-refractivity contribution in [2.24, 2.45) is 5.92 Å². The van der Waals surface area contributed by atoms with Gasteiger partial charge in [0.25, 0.3) is 5.56 Å². The molecular weight excluding hydrogens is 262 g/mol. The molecule has 1 aliphatic rings. The third kappa shape index (κ3) is 3.79. The zero-order chi connectivity index (χ0) is 14.5. The van der Waals surface area contributed by atoms with E-state index in [1.165, 1.54) is 11.6 Å². The summed E-state index contributed by atoms with van der Waals surface area (Å²) in [5.41, 5.74) is 1.43. The first kappa shape index (κ1) is 14.0. The Balaban J connectivity index is 1.51. The van der Waals surface area contributed by atoms with Crippen molar-refractivity contribution in [3.8, 4) is 0 Å². The van der Waals surface area contributed by atoms with Crippen molar-refractivity contribution in [3.05, 3.63) is 64.8 Å². The SMILES string of the molecule is O=c1ccncn1CC1CCN(Cc2ccccc2)CC1. The van der Waals surface area contributed by atoms with E-state index in [-0.39, 0.29) is 5.56 Å². The fourth-order valence-electron chi connectivity index (χ4n) is 2.96. The van der Waals surface area contributed by atoms with Crippen molar-refractivity contribution < 1.29 is 0 Å². The van der Waals surface area contributed by atoms with Crippen LogP contribution < -0.4 is 5.56 Å². The van der Waals surface area contributed by atoms with Gasteiger partial charge in [-0.2, -0.15) is 0 Å². The van der Waals surface area contributed by atoms with E-state index in [9.17, 15) is 4.79 Å². The minimum atomic E-state index is 0.0525. The Hall–Kier alpha value is -1.94. The van der Waals surface area contributed by atoms with Gasteiger partial charge in [0, 0.05) is 25.4 Å². The molecule has 21 heavy (non-hydrogen) atoms. The molecule has 0 unspecified atom stereocenters. The number of likely N-dealkylation sites (tertiary alicyclic amines) is 1. The molecule has 1 aliphatic heterocycles. The average Bonchev–Trinajstić information content (AvgIpc) is 2.52. The van der Waals surface area contributed by atoms with Gasteiger partial charge >= 0.3 is 0 Å². The molecule has 0 N–H and O–H groups in total. The highest BCUT2D eigenvalue weighted by Gasteiger charge is 2.19. The van der Waals surface area contributed by atoms with Crippen LogP contribution in [0.5, 0.6) is 0 Å². The van der Waals surface area contributed by atoms with Crippen LogP contribution in [0.4, 0.5) is 0 Å². The lowest BCUT2D eigenvalue weighted by molar-refractivity contribution is 0.166. The van der Waals surface area contributed by atoms with Crippen molar-refractivity contribution in [1.82, 2.24) is 14.5 Å². The molecule has 0 radical (unpaired) electrons. The second kappa shape index (κ2) is 6.68. The summed E-state index contributed by atoms with van der Waals surface area (Å²) in [6.45, 7) is 4.04. The monoisotopic (exact) mass is 283 g/mol. The molecule has 1 saturated heterocycles. The lowest BCUT2D eigenvalue weighted by atomic mass is 9.96. The Bertz CT molecular complexity index is 615. The lowest BCUT2D eigenvalue weighted by Gasteiger charge is -2.32. The molecule has 0 atom stereocenters. The molecule has 0 aliphatic carbocycles. The van der Waals surface area contributed by atoms with Gasteiger partial charge in [-0.3, -0.25) is 14.3 Å². The van der Waals surface area contributed by atoms with Crippen molar-refractivity contribution in [2.75, 3.05) is 13.1 Å². The van der Waals surface area contributed by atoms with Crippen molar-refractivity contribution >= 4 is 0 Å². The molecule has 4 nitrogen and oxygen atoms in total. The molecule has 110 valence electrons. The fourth-order valence-corrected chi connectivity index (χ4v) is 2.96.